The van der Waals surface area contributed by atoms with Crippen molar-refractivity contribution in [3.05, 3.63) is 41.7 Å². The molecule has 0 saturated carbocycles. The number of alkyl halides is 1. The highest BCUT2D eigenvalue weighted by atomic mass is 19.1. The lowest BCUT2D eigenvalue weighted by atomic mass is 10.1. The molecule has 1 saturated heterocycles. The third-order valence-electron chi connectivity index (χ3n) is 5.23. The highest BCUT2D eigenvalue weighted by molar-refractivity contribution is 5.91. The molecular weight excluding hydrogens is 405 g/mol. The molecule has 0 aliphatic carbocycles. The number of hydrogen-bond acceptors (Lipinski definition) is 6. The summed E-state index contributed by atoms with van der Waals surface area (Å²) < 4.78 is 25.6. The zero-order valence-electron chi connectivity index (χ0n) is 17.8. The minimum atomic E-state index is -1.07. The van der Waals surface area contributed by atoms with Crippen molar-refractivity contribution in [2.24, 2.45) is 0 Å². The number of halogens is 1. The molecule has 1 N–H and O–H groups in total. The molecule has 2 heterocycles. The van der Waals surface area contributed by atoms with Crippen LogP contribution in [0.25, 0.3) is 0 Å². The van der Waals surface area contributed by atoms with Crippen molar-refractivity contribution in [1.82, 2.24) is 25.2 Å². The van der Waals surface area contributed by atoms with E-state index in [4.69, 9.17) is 9.47 Å². The number of nitrogens with one attached hydrogen (secondary N) is 1. The fourth-order valence-electron chi connectivity index (χ4n) is 3.59. The summed E-state index contributed by atoms with van der Waals surface area (Å²) in [6.45, 7) is 1.12. The molecule has 3 rings (SSSR count). The molecule has 1 aromatic heterocycles. The van der Waals surface area contributed by atoms with Crippen LogP contribution >= 0.6 is 0 Å². The van der Waals surface area contributed by atoms with Gasteiger partial charge >= 0.3 is 0 Å². The van der Waals surface area contributed by atoms with Crippen LogP contribution in [-0.2, 0) is 22.5 Å². The Kier molecular flexibility index (Phi) is 7.94. The Labute approximate surface area is 180 Å². The van der Waals surface area contributed by atoms with E-state index in [0.717, 1.165) is 11.3 Å². The SMILES string of the molecule is COCCNC(=O)c1cn(CC2CC(F)CN2C(=O)CCc2ccc(OC)cc2)nn1. The Balaban J connectivity index is 1.55. The zero-order chi connectivity index (χ0) is 22.2. The molecule has 9 nitrogen and oxygen atoms in total. The summed E-state index contributed by atoms with van der Waals surface area (Å²) in [7, 11) is 3.15. The summed E-state index contributed by atoms with van der Waals surface area (Å²) in [5, 5.41) is 10.5. The minimum absolute atomic E-state index is 0.0746. The highest BCUT2D eigenvalue weighted by Gasteiger charge is 2.35. The Morgan fingerprint density at radius 1 is 1.26 bits per heavy atom. The van der Waals surface area contributed by atoms with Crippen molar-refractivity contribution in [2.45, 2.75) is 38.0 Å². The van der Waals surface area contributed by atoms with Crippen LogP contribution in [0.3, 0.4) is 0 Å². The number of likely N-dealkylation sites (tertiary alicyclic amines) is 1. The quantitative estimate of drug-likeness (QED) is 0.566. The van der Waals surface area contributed by atoms with Crippen molar-refractivity contribution in [3.8, 4) is 5.75 Å². The van der Waals surface area contributed by atoms with Gasteiger partial charge in [0.15, 0.2) is 5.69 Å². The second-order valence-corrected chi connectivity index (χ2v) is 7.46. The van der Waals surface area contributed by atoms with Crippen molar-refractivity contribution in [3.63, 3.8) is 0 Å². The van der Waals surface area contributed by atoms with Gasteiger partial charge in [0.05, 0.1) is 39.0 Å². The molecule has 1 aromatic carbocycles. The molecule has 10 heteroatoms. The molecular formula is C21H28FN5O4. The summed E-state index contributed by atoms with van der Waals surface area (Å²) in [5.41, 5.74) is 1.19. The van der Waals surface area contributed by atoms with Crippen LogP contribution in [0.5, 0.6) is 5.75 Å². The first-order chi connectivity index (χ1) is 15.0. The van der Waals surface area contributed by atoms with Gasteiger partial charge < -0.3 is 19.7 Å². The van der Waals surface area contributed by atoms with Crippen LogP contribution < -0.4 is 10.1 Å². The molecule has 2 aromatic rings. The summed E-state index contributed by atoms with van der Waals surface area (Å²) in [4.78, 5) is 26.4. The van der Waals surface area contributed by atoms with Crippen molar-refractivity contribution >= 4 is 11.8 Å². The summed E-state index contributed by atoms with van der Waals surface area (Å²) >= 11 is 0. The third-order valence-corrected chi connectivity index (χ3v) is 5.23. The molecule has 2 amide bonds. The van der Waals surface area contributed by atoms with Gasteiger partial charge in [-0.25, -0.2) is 9.07 Å². The van der Waals surface area contributed by atoms with E-state index in [1.54, 1.807) is 19.1 Å². The van der Waals surface area contributed by atoms with Crippen molar-refractivity contribution in [2.75, 3.05) is 33.9 Å². The Hall–Kier alpha value is -3.01. The molecule has 0 bridgehead atoms. The average Bonchev–Trinajstić information content (AvgIpc) is 3.39. The summed E-state index contributed by atoms with van der Waals surface area (Å²) in [5.74, 6) is 0.304. The van der Waals surface area contributed by atoms with Crippen LogP contribution in [-0.4, -0.2) is 77.8 Å². The van der Waals surface area contributed by atoms with E-state index >= 15 is 0 Å². The fourth-order valence-corrected chi connectivity index (χ4v) is 3.59. The molecule has 168 valence electrons. The number of methoxy groups -OCH3 is 2. The smallest absolute Gasteiger partial charge is 0.273 e. The van der Waals surface area contributed by atoms with Gasteiger partial charge in [-0.15, -0.1) is 5.10 Å². The minimum Gasteiger partial charge on any atom is -0.497 e. The van der Waals surface area contributed by atoms with E-state index in [9.17, 15) is 14.0 Å². The van der Waals surface area contributed by atoms with Crippen LogP contribution in [0.4, 0.5) is 4.39 Å². The maximum atomic E-state index is 14.1. The normalized spacial score (nSPS) is 18.2. The van der Waals surface area contributed by atoms with Crippen LogP contribution in [0.2, 0.25) is 0 Å². The summed E-state index contributed by atoms with van der Waals surface area (Å²) in [6.07, 6.45) is 1.53. The van der Waals surface area contributed by atoms with Gasteiger partial charge in [-0.05, 0) is 24.1 Å². The number of benzene rings is 1. The molecule has 1 fully saturated rings. The predicted octanol–water partition coefficient (Wildman–Crippen LogP) is 1.23. The topological polar surface area (TPSA) is 98.6 Å². The molecule has 2 atom stereocenters. The maximum absolute atomic E-state index is 14.1. The van der Waals surface area contributed by atoms with Gasteiger partial charge in [-0.1, -0.05) is 17.3 Å². The lowest BCUT2D eigenvalue weighted by Gasteiger charge is -2.24. The largest absolute Gasteiger partial charge is 0.497 e. The number of carbonyl (C=O) groups excluding carboxylic acids is 2. The summed E-state index contributed by atoms with van der Waals surface area (Å²) in [6, 6.07) is 7.21. The van der Waals surface area contributed by atoms with Gasteiger partial charge in [-0.3, -0.25) is 9.59 Å². The van der Waals surface area contributed by atoms with Crippen LogP contribution in [0.15, 0.2) is 30.5 Å². The Bertz CT molecular complexity index is 873. The number of nitrogens with zero attached hydrogens (tertiary/aromatic N) is 4. The lowest BCUT2D eigenvalue weighted by molar-refractivity contribution is -0.132. The molecule has 0 spiro atoms. The second-order valence-electron chi connectivity index (χ2n) is 7.46. The van der Waals surface area contributed by atoms with Gasteiger partial charge in [0, 0.05) is 26.5 Å². The first-order valence-corrected chi connectivity index (χ1v) is 10.2. The molecule has 1 aliphatic heterocycles. The van der Waals surface area contributed by atoms with E-state index in [2.05, 4.69) is 15.6 Å². The predicted molar refractivity (Wildman–Crippen MR) is 111 cm³/mol. The number of carbonyl (C=O) groups is 2. The van der Waals surface area contributed by atoms with Gasteiger partial charge in [-0.2, -0.15) is 0 Å². The molecule has 31 heavy (non-hydrogen) atoms. The Morgan fingerprint density at radius 3 is 2.74 bits per heavy atom. The maximum Gasteiger partial charge on any atom is 0.273 e. The second kappa shape index (κ2) is 10.9. The van der Waals surface area contributed by atoms with Crippen LogP contribution in [0, 0.1) is 0 Å². The number of rotatable bonds is 10. The van der Waals surface area contributed by atoms with Gasteiger partial charge in [0.1, 0.15) is 11.9 Å². The number of aromatic nitrogens is 3. The van der Waals surface area contributed by atoms with Gasteiger partial charge in [0.25, 0.3) is 5.91 Å². The van der Waals surface area contributed by atoms with E-state index in [1.807, 2.05) is 24.3 Å². The number of ether oxygens (including phenoxy) is 2. The van der Waals surface area contributed by atoms with Crippen LogP contribution in [0.1, 0.15) is 28.9 Å². The first-order valence-electron chi connectivity index (χ1n) is 10.2. The third kappa shape index (κ3) is 6.24. The number of amides is 2. The highest BCUT2D eigenvalue weighted by Crippen LogP contribution is 2.23. The van der Waals surface area contributed by atoms with E-state index in [-0.39, 0.29) is 43.1 Å². The van der Waals surface area contributed by atoms with E-state index < -0.39 is 6.17 Å². The molecule has 1 aliphatic rings. The first kappa shape index (κ1) is 22.7. The Morgan fingerprint density at radius 2 is 2.03 bits per heavy atom. The number of aryl methyl sites for hydroxylation is 1. The van der Waals surface area contributed by atoms with Crippen molar-refractivity contribution < 1.29 is 23.5 Å². The standard InChI is InChI=1S/C21H28FN5O4/c1-30-10-9-23-21(29)19-14-26(25-24-19)13-17-11-16(22)12-27(17)20(28)8-5-15-3-6-18(31-2)7-4-15/h3-4,6-7,14,16-17H,5,8-13H2,1-2H3,(H,23,29). The lowest BCUT2D eigenvalue weighted by Crippen LogP contribution is -2.38. The van der Waals surface area contributed by atoms with E-state index in [0.29, 0.717) is 26.0 Å². The number of hydrogen-bond donors (Lipinski definition) is 1. The monoisotopic (exact) mass is 433 g/mol. The van der Waals surface area contributed by atoms with E-state index in [1.165, 1.54) is 10.9 Å². The zero-order valence-corrected chi connectivity index (χ0v) is 17.8. The molecule has 0 radical (unpaired) electrons. The van der Waals surface area contributed by atoms with Crippen molar-refractivity contribution in [1.29, 1.82) is 0 Å². The van der Waals surface area contributed by atoms with Gasteiger partial charge in [0.2, 0.25) is 5.91 Å². The fraction of sp³-hybridized carbons (Fsp3) is 0.524. The molecule has 2 unspecified atom stereocenters. The average molecular weight is 433 g/mol.